The fourth-order valence-electron chi connectivity index (χ4n) is 1.40. The molecule has 1 amide bonds. The van der Waals surface area contributed by atoms with Crippen LogP contribution in [0.25, 0.3) is 0 Å². The van der Waals surface area contributed by atoms with Crippen molar-refractivity contribution in [3.8, 4) is 0 Å². The molecule has 0 atom stereocenters. The number of nitrogens with zero attached hydrogens (tertiary/aromatic N) is 2. The van der Waals surface area contributed by atoms with Crippen LogP contribution in [0.3, 0.4) is 0 Å². The van der Waals surface area contributed by atoms with E-state index in [9.17, 15) is 4.79 Å². The van der Waals surface area contributed by atoms with E-state index in [2.05, 4.69) is 31.2 Å². The van der Waals surface area contributed by atoms with Gasteiger partial charge in [0.1, 0.15) is 4.60 Å². The maximum Gasteiger partial charge on any atom is 0.255 e. The second-order valence-corrected chi connectivity index (χ2v) is 4.29. The van der Waals surface area contributed by atoms with Crippen LogP contribution in [-0.2, 0) is 6.54 Å². The Labute approximate surface area is 113 Å². The highest BCUT2D eigenvalue weighted by Crippen LogP contribution is 2.19. The van der Waals surface area contributed by atoms with Crippen LogP contribution in [0, 0.1) is 0 Å². The van der Waals surface area contributed by atoms with Crippen molar-refractivity contribution in [2.75, 3.05) is 5.32 Å². The van der Waals surface area contributed by atoms with Crippen molar-refractivity contribution in [3.05, 3.63) is 52.5 Å². The molecule has 0 spiro atoms. The third-order valence-corrected chi connectivity index (χ3v) is 2.93. The maximum absolute atomic E-state index is 12.0. The highest BCUT2D eigenvalue weighted by atomic mass is 79.9. The number of nitrogens with one attached hydrogen (secondary N) is 1. The van der Waals surface area contributed by atoms with Gasteiger partial charge in [0.05, 0.1) is 11.4 Å². The number of carbonyl (C=O) groups excluding carboxylic acids is 1. The van der Waals surface area contributed by atoms with Crippen molar-refractivity contribution in [2.45, 2.75) is 6.54 Å². The van der Waals surface area contributed by atoms with Crippen LogP contribution >= 0.6 is 15.9 Å². The molecule has 92 valence electrons. The zero-order chi connectivity index (χ0) is 13.0. The normalized spacial score (nSPS) is 10.1. The fourth-order valence-corrected chi connectivity index (χ4v) is 1.75. The molecule has 18 heavy (non-hydrogen) atoms. The van der Waals surface area contributed by atoms with E-state index in [0.717, 1.165) is 0 Å². The van der Waals surface area contributed by atoms with E-state index >= 15 is 0 Å². The van der Waals surface area contributed by atoms with E-state index in [4.69, 9.17) is 5.73 Å². The second kappa shape index (κ2) is 5.70. The zero-order valence-corrected chi connectivity index (χ0v) is 11.0. The van der Waals surface area contributed by atoms with Crippen LogP contribution in [0.5, 0.6) is 0 Å². The summed E-state index contributed by atoms with van der Waals surface area (Å²) in [6.07, 6.45) is 3.20. The number of nitrogens with two attached hydrogens (primary N) is 1. The lowest BCUT2D eigenvalue weighted by molar-refractivity contribution is 0.102. The Morgan fingerprint density at radius 1 is 1.33 bits per heavy atom. The molecule has 2 aromatic heterocycles. The minimum Gasteiger partial charge on any atom is -0.325 e. The Kier molecular flexibility index (Phi) is 4.01. The molecular formula is C12H11BrN4O. The maximum atomic E-state index is 12.0. The number of anilines is 1. The summed E-state index contributed by atoms with van der Waals surface area (Å²) in [7, 11) is 0. The fraction of sp³-hybridized carbons (Fsp3) is 0.0833. The Morgan fingerprint density at radius 3 is 2.89 bits per heavy atom. The van der Waals surface area contributed by atoms with Crippen LogP contribution < -0.4 is 11.1 Å². The predicted octanol–water partition coefficient (Wildman–Crippen LogP) is 1.95. The Bertz CT molecular complexity index is 574. The number of rotatable bonds is 3. The lowest BCUT2D eigenvalue weighted by Crippen LogP contribution is -2.13. The van der Waals surface area contributed by atoms with Gasteiger partial charge in [0.2, 0.25) is 0 Å². The highest BCUT2D eigenvalue weighted by molar-refractivity contribution is 9.10. The van der Waals surface area contributed by atoms with Gasteiger partial charge in [-0.2, -0.15) is 0 Å². The summed E-state index contributed by atoms with van der Waals surface area (Å²) in [5.41, 5.74) is 7.29. The van der Waals surface area contributed by atoms with E-state index in [1.165, 1.54) is 0 Å². The lowest BCUT2D eigenvalue weighted by Gasteiger charge is -2.07. The molecule has 0 saturated heterocycles. The first-order chi connectivity index (χ1) is 8.70. The molecule has 3 N–H and O–H groups in total. The molecule has 2 rings (SSSR count). The number of amides is 1. The van der Waals surface area contributed by atoms with E-state index in [-0.39, 0.29) is 5.91 Å². The Morgan fingerprint density at radius 2 is 2.17 bits per heavy atom. The second-order valence-electron chi connectivity index (χ2n) is 3.54. The summed E-state index contributed by atoms with van der Waals surface area (Å²) >= 11 is 3.27. The average Bonchev–Trinajstić information content (AvgIpc) is 2.41. The Hall–Kier alpha value is -1.79. The smallest absolute Gasteiger partial charge is 0.255 e. The summed E-state index contributed by atoms with van der Waals surface area (Å²) in [6, 6.07) is 6.82. The Balaban J connectivity index is 2.19. The first-order valence-corrected chi connectivity index (χ1v) is 6.07. The van der Waals surface area contributed by atoms with Crippen molar-refractivity contribution in [1.82, 2.24) is 9.97 Å². The topological polar surface area (TPSA) is 80.9 Å². The molecule has 0 aliphatic rings. The van der Waals surface area contributed by atoms with Crippen molar-refractivity contribution in [2.24, 2.45) is 5.73 Å². The predicted molar refractivity (Wildman–Crippen MR) is 72.0 cm³/mol. The third-order valence-electron chi connectivity index (χ3n) is 2.30. The summed E-state index contributed by atoms with van der Waals surface area (Å²) in [5.74, 6) is -0.221. The first kappa shape index (κ1) is 12.7. The SMILES string of the molecule is NCc1cc(C(=O)Nc2cccnc2Br)ccn1. The summed E-state index contributed by atoms with van der Waals surface area (Å²) in [6.45, 7) is 0.303. The third kappa shape index (κ3) is 2.91. The molecule has 6 heteroatoms. The van der Waals surface area contributed by atoms with Gasteiger partial charge < -0.3 is 11.1 Å². The van der Waals surface area contributed by atoms with E-state index in [0.29, 0.717) is 28.1 Å². The monoisotopic (exact) mass is 306 g/mol. The standard InChI is InChI=1S/C12H11BrN4O/c13-11-10(2-1-4-16-11)17-12(18)8-3-5-15-9(6-8)7-14/h1-6H,7,14H2,(H,17,18). The van der Waals surface area contributed by atoms with Crippen molar-refractivity contribution in [3.63, 3.8) is 0 Å². The summed E-state index contributed by atoms with van der Waals surface area (Å²) in [4.78, 5) is 20.1. The highest BCUT2D eigenvalue weighted by Gasteiger charge is 2.09. The van der Waals surface area contributed by atoms with Gasteiger partial charge in [-0.1, -0.05) is 0 Å². The van der Waals surface area contributed by atoms with Gasteiger partial charge in [0.15, 0.2) is 0 Å². The molecule has 0 aliphatic heterocycles. The van der Waals surface area contributed by atoms with Crippen LogP contribution in [0.2, 0.25) is 0 Å². The van der Waals surface area contributed by atoms with Gasteiger partial charge in [-0.3, -0.25) is 9.78 Å². The number of aromatic nitrogens is 2. The van der Waals surface area contributed by atoms with Gasteiger partial charge >= 0.3 is 0 Å². The van der Waals surface area contributed by atoms with E-state index < -0.39 is 0 Å². The number of hydrogen-bond acceptors (Lipinski definition) is 4. The molecule has 0 aliphatic carbocycles. The quantitative estimate of drug-likeness (QED) is 0.849. The summed E-state index contributed by atoms with van der Waals surface area (Å²) in [5, 5.41) is 2.76. The lowest BCUT2D eigenvalue weighted by atomic mass is 10.2. The van der Waals surface area contributed by atoms with Crippen LogP contribution in [-0.4, -0.2) is 15.9 Å². The average molecular weight is 307 g/mol. The molecule has 0 radical (unpaired) electrons. The minimum atomic E-state index is -0.221. The van der Waals surface area contributed by atoms with Gasteiger partial charge in [-0.05, 0) is 40.2 Å². The molecule has 2 aromatic rings. The van der Waals surface area contributed by atoms with Crippen LogP contribution in [0.15, 0.2) is 41.3 Å². The van der Waals surface area contributed by atoms with E-state index in [1.807, 2.05) is 0 Å². The zero-order valence-electron chi connectivity index (χ0n) is 9.43. The van der Waals surface area contributed by atoms with E-state index in [1.54, 1.807) is 36.7 Å². The van der Waals surface area contributed by atoms with Gasteiger partial charge in [-0.25, -0.2) is 4.98 Å². The molecule has 0 bridgehead atoms. The molecular weight excluding hydrogens is 296 g/mol. The summed E-state index contributed by atoms with van der Waals surface area (Å²) < 4.78 is 0.589. The van der Waals surface area contributed by atoms with Crippen molar-refractivity contribution < 1.29 is 4.79 Å². The number of hydrogen-bond donors (Lipinski definition) is 2. The van der Waals surface area contributed by atoms with Crippen LogP contribution in [0.1, 0.15) is 16.1 Å². The van der Waals surface area contributed by atoms with Crippen LogP contribution in [0.4, 0.5) is 5.69 Å². The van der Waals surface area contributed by atoms with Gasteiger partial charge in [0.25, 0.3) is 5.91 Å². The minimum absolute atomic E-state index is 0.221. The van der Waals surface area contributed by atoms with Gasteiger partial charge in [0, 0.05) is 24.5 Å². The molecule has 5 nitrogen and oxygen atoms in total. The number of carbonyl (C=O) groups is 1. The molecule has 0 fully saturated rings. The van der Waals surface area contributed by atoms with Crippen molar-refractivity contribution in [1.29, 1.82) is 0 Å². The molecule has 0 saturated carbocycles. The molecule has 0 unspecified atom stereocenters. The number of pyridine rings is 2. The van der Waals surface area contributed by atoms with Crippen molar-refractivity contribution >= 4 is 27.5 Å². The number of halogens is 1. The molecule has 0 aromatic carbocycles. The molecule has 2 heterocycles. The largest absolute Gasteiger partial charge is 0.325 e. The van der Waals surface area contributed by atoms with Gasteiger partial charge in [-0.15, -0.1) is 0 Å². The first-order valence-electron chi connectivity index (χ1n) is 5.27.